The zero-order valence-electron chi connectivity index (χ0n) is 13.5. The zero-order valence-corrected chi connectivity index (χ0v) is 16.7. The average molecular weight is 458 g/mol. The minimum Gasteiger partial charge on any atom is -1.00 e. The van der Waals surface area contributed by atoms with E-state index in [9.17, 15) is 0 Å². The van der Waals surface area contributed by atoms with Crippen LogP contribution in [0, 0.1) is 0 Å². The first-order chi connectivity index (χ1) is 11.4. The van der Waals surface area contributed by atoms with Gasteiger partial charge in [0.1, 0.15) is 0 Å². The fourth-order valence-electron chi connectivity index (χ4n) is 3.10. The largest absolute Gasteiger partial charge is 1.00 e. The van der Waals surface area contributed by atoms with Crippen LogP contribution in [0.4, 0.5) is 0 Å². The van der Waals surface area contributed by atoms with E-state index in [0.717, 1.165) is 0 Å². The molecule has 0 bridgehead atoms. The van der Waals surface area contributed by atoms with Crippen molar-refractivity contribution in [3.63, 3.8) is 0 Å². The molecular formula is C21H18Br2N2. The van der Waals surface area contributed by atoms with Crippen LogP contribution in [0.25, 0.3) is 10.8 Å². The normalized spacial score (nSPS) is 10.1. The Morgan fingerprint density at radius 1 is 0.520 bits per heavy atom. The molecule has 0 radical (unpaired) electrons. The molecule has 4 heteroatoms. The molecule has 2 aromatic carbocycles. The molecule has 25 heavy (non-hydrogen) atoms. The van der Waals surface area contributed by atoms with Crippen LogP contribution in [0.2, 0.25) is 0 Å². The summed E-state index contributed by atoms with van der Waals surface area (Å²) >= 11 is 0. The monoisotopic (exact) mass is 456 g/mol. The maximum atomic E-state index is 2.24. The van der Waals surface area contributed by atoms with Crippen molar-refractivity contribution in [3.8, 4) is 0 Å². The predicted molar refractivity (Wildman–Crippen MR) is 90.8 cm³/mol. The van der Waals surface area contributed by atoms with Gasteiger partial charge in [-0.25, -0.2) is 0 Å². The second kappa shape index (κ2) is 8.88. The lowest BCUT2D eigenvalue weighted by Gasteiger charge is -2.11. The van der Waals surface area contributed by atoms with E-state index in [4.69, 9.17) is 0 Å². The summed E-state index contributed by atoms with van der Waals surface area (Å²) in [5, 5.41) is 2.55. The summed E-state index contributed by atoms with van der Waals surface area (Å²) in [6.07, 6.45) is 8.56. The number of aromatic nitrogens is 2. The van der Waals surface area contributed by atoms with E-state index in [1.165, 1.54) is 16.3 Å². The molecule has 0 unspecified atom stereocenters. The zero-order chi connectivity index (χ0) is 15.5. The lowest BCUT2D eigenvalue weighted by atomic mass is 10.0. The molecule has 2 nitrogen and oxygen atoms in total. The number of pyridine rings is 2. The molecule has 0 spiro atoms. The van der Waals surface area contributed by atoms with Crippen molar-refractivity contribution in [2.45, 2.75) is 6.17 Å². The smallest absolute Gasteiger partial charge is 0.379 e. The molecule has 0 saturated heterocycles. The summed E-state index contributed by atoms with van der Waals surface area (Å²) < 4.78 is 4.48. The molecule has 0 N–H and O–H groups in total. The van der Waals surface area contributed by atoms with Crippen molar-refractivity contribution in [2.24, 2.45) is 0 Å². The van der Waals surface area contributed by atoms with E-state index in [1.54, 1.807) is 0 Å². The standard InChI is InChI=1S/C21H18N2.2BrH/c1-5-14-22(15-6-1)21(23-16-7-2-8-17-23)20-13-9-11-18-10-3-4-12-19(18)20;;/h1-17,21H;2*1H/q+2;;/p-2. The van der Waals surface area contributed by atoms with Crippen LogP contribution in [0.1, 0.15) is 11.7 Å². The van der Waals surface area contributed by atoms with Crippen LogP contribution in [-0.4, -0.2) is 0 Å². The predicted octanol–water partition coefficient (Wildman–Crippen LogP) is -2.48. The summed E-state index contributed by atoms with van der Waals surface area (Å²) in [6.45, 7) is 0. The molecule has 4 aromatic rings. The van der Waals surface area contributed by atoms with Gasteiger partial charge < -0.3 is 34.0 Å². The van der Waals surface area contributed by atoms with Gasteiger partial charge in [-0.15, -0.1) is 9.13 Å². The highest BCUT2D eigenvalue weighted by Crippen LogP contribution is 2.22. The summed E-state index contributed by atoms with van der Waals surface area (Å²) in [7, 11) is 0. The average Bonchev–Trinajstić information content (AvgIpc) is 2.64. The van der Waals surface area contributed by atoms with Gasteiger partial charge in [0.15, 0.2) is 24.8 Å². The van der Waals surface area contributed by atoms with Crippen molar-refractivity contribution >= 4 is 10.8 Å². The molecule has 0 saturated carbocycles. The molecule has 0 aliphatic rings. The molecule has 0 aliphatic heterocycles. The Hall–Kier alpha value is -2.04. The number of halogens is 2. The third kappa shape index (κ3) is 3.97. The van der Waals surface area contributed by atoms with Crippen LogP contribution < -0.4 is 43.1 Å². The second-order valence-electron chi connectivity index (χ2n) is 5.59. The summed E-state index contributed by atoms with van der Waals surface area (Å²) in [4.78, 5) is 0. The summed E-state index contributed by atoms with van der Waals surface area (Å²) in [5.41, 5.74) is 1.29. The van der Waals surface area contributed by atoms with Gasteiger partial charge in [0.25, 0.3) is 0 Å². The van der Waals surface area contributed by atoms with Gasteiger partial charge in [-0.05, 0) is 16.8 Å². The number of rotatable bonds is 3. The highest BCUT2D eigenvalue weighted by molar-refractivity contribution is 5.85. The van der Waals surface area contributed by atoms with E-state index in [0.29, 0.717) is 0 Å². The van der Waals surface area contributed by atoms with Crippen molar-refractivity contribution in [3.05, 3.63) is 109 Å². The van der Waals surface area contributed by atoms with E-state index in [1.807, 2.05) is 12.1 Å². The van der Waals surface area contributed by atoms with Gasteiger partial charge in [-0.1, -0.05) is 48.5 Å². The van der Waals surface area contributed by atoms with E-state index in [-0.39, 0.29) is 40.1 Å². The Balaban J connectivity index is 0.00000113. The Morgan fingerprint density at radius 3 is 1.64 bits per heavy atom. The molecule has 4 rings (SSSR count). The van der Waals surface area contributed by atoms with Crippen LogP contribution in [-0.2, 0) is 0 Å². The number of hydrogen-bond acceptors (Lipinski definition) is 0. The molecule has 0 atom stereocenters. The first-order valence-corrected chi connectivity index (χ1v) is 7.83. The minimum atomic E-state index is 0. The third-order valence-corrected chi connectivity index (χ3v) is 4.14. The van der Waals surface area contributed by atoms with Crippen LogP contribution in [0.5, 0.6) is 0 Å². The number of hydrogen-bond donors (Lipinski definition) is 0. The van der Waals surface area contributed by atoms with Gasteiger partial charge in [0.05, 0.1) is 5.56 Å². The SMILES string of the molecule is [Br-].[Br-].c1cc[n+](C(c2cccc3ccccc23)[n+]2ccccc2)cc1. The fraction of sp³-hybridized carbons (Fsp3) is 0.0476. The Bertz CT molecular complexity index is 883. The molecule has 126 valence electrons. The molecule has 2 heterocycles. The molecule has 0 fully saturated rings. The topological polar surface area (TPSA) is 7.76 Å². The highest BCUT2D eigenvalue weighted by Gasteiger charge is 2.30. The first-order valence-electron chi connectivity index (χ1n) is 7.83. The van der Waals surface area contributed by atoms with Crippen LogP contribution >= 0.6 is 0 Å². The molecule has 0 amide bonds. The Labute approximate surface area is 168 Å². The van der Waals surface area contributed by atoms with Crippen molar-refractivity contribution < 1.29 is 43.1 Å². The van der Waals surface area contributed by atoms with Gasteiger partial charge in [-0.2, -0.15) is 0 Å². The van der Waals surface area contributed by atoms with Crippen molar-refractivity contribution in [2.75, 3.05) is 0 Å². The third-order valence-electron chi connectivity index (χ3n) is 4.14. The maximum absolute atomic E-state index is 2.24. The lowest BCUT2D eigenvalue weighted by molar-refractivity contribution is -0.934. The molecular weight excluding hydrogens is 440 g/mol. The highest BCUT2D eigenvalue weighted by atomic mass is 79.9. The van der Waals surface area contributed by atoms with E-state index >= 15 is 0 Å². The fourth-order valence-corrected chi connectivity index (χ4v) is 3.10. The second-order valence-corrected chi connectivity index (χ2v) is 5.59. The molecule has 0 aliphatic carbocycles. The number of fused-ring (bicyclic) bond motifs is 1. The molecule has 2 aromatic heterocycles. The number of nitrogens with zero attached hydrogens (tertiary/aromatic N) is 2. The van der Waals surface area contributed by atoms with Gasteiger partial charge >= 0.3 is 6.17 Å². The minimum absolute atomic E-state index is 0. The summed E-state index contributed by atoms with van der Waals surface area (Å²) in [6, 6.07) is 27.5. The van der Waals surface area contributed by atoms with E-state index < -0.39 is 0 Å². The van der Waals surface area contributed by atoms with E-state index in [2.05, 4.69) is 101 Å². The van der Waals surface area contributed by atoms with Crippen LogP contribution in [0.3, 0.4) is 0 Å². The lowest BCUT2D eigenvalue weighted by Crippen LogP contribution is -3.00. The quantitative estimate of drug-likeness (QED) is 0.301. The summed E-state index contributed by atoms with van der Waals surface area (Å²) in [5.74, 6) is 0. The maximum Gasteiger partial charge on any atom is 0.379 e. The number of benzene rings is 2. The van der Waals surface area contributed by atoms with Gasteiger partial charge in [0.2, 0.25) is 0 Å². The first kappa shape index (κ1) is 19.3. The van der Waals surface area contributed by atoms with Crippen molar-refractivity contribution in [1.29, 1.82) is 0 Å². The Morgan fingerprint density at radius 2 is 1.04 bits per heavy atom. The van der Waals surface area contributed by atoms with Crippen LogP contribution in [0.15, 0.2) is 104 Å². The van der Waals surface area contributed by atoms with Gasteiger partial charge in [0, 0.05) is 24.3 Å². The Kier molecular flexibility index (Phi) is 6.85. The van der Waals surface area contributed by atoms with Crippen molar-refractivity contribution in [1.82, 2.24) is 0 Å². The van der Waals surface area contributed by atoms with Gasteiger partial charge in [-0.3, -0.25) is 0 Å².